The first kappa shape index (κ1) is 17.1. The summed E-state index contributed by atoms with van der Waals surface area (Å²) in [6, 6.07) is 9.08. The van der Waals surface area contributed by atoms with Crippen molar-refractivity contribution in [2.75, 3.05) is 23.9 Å². The van der Waals surface area contributed by atoms with E-state index in [1.165, 1.54) is 36.0 Å². The van der Waals surface area contributed by atoms with Crippen molar-refractivity contribution in [3.05, 3.63) is 54.2 Å². The summed E-state index contributed by atoms with van der Waals surface area (Å²) in [5.41, 5.74) is 0.526. The first-order valence-corrected chi connectivity index (χ1v) is 8.09. The fraction of sp³-hybridized carbons (Fsp3) is 0.250. The lowest BCUT2D eigenvalue weighted by Gasteiger charge is -2.15. The van der Waals surface area contributed by atoms with Gasteiger partial charge in [0.05, 0.1) is 24.3 Å². The highest BCUT2D eigenvalue weighted by atomic mass is 32.2. The van der Waals surface area contributed by atoms with E-state index in [1.807, 2.05) is 0 Å². The van der Waals surface area contributed by atoms with Crippen molar-refractivity contribution in [2.45, 2.75) is 6.54 Å². The van der Waals surface area contributed by atoms with Crippen LogP contribution in [0.25, 0.3) is 0 Å². The lowest BCUT2D eigenvalue weighted by Crippen LogP contribution is -2.28. The van der Waals surface area contributed by atoms with Gasteiger partial charge in [-0.15, -0.1) is 11.8 Å². The second kappa shape index (κ2) is 8.38. The van der Waals surface area contributed by atoms with Crippen LogP contribution in [0.5, 0.6) is 0 Å². The van der Waals surface area contributed by atoms with Gasteiger partial charge in [0, 0.05) is 12.7 Å². The molecule has 1 N–H and O–H groups in total. The van der Waals surface area contributed by atoms with E-state index in [9.17, 15) is 14.0 Å². The van der Waals surface area contributed by atoms with Gasteiger partial charge in [0.1, 0.15) is 11.6 Å². The molecule has 0 saturated carbocycles. The third-order valence-electron chi connectivity index (χ3n) is 2.99. The number of carbonyl (C=O) groups is 2. The number of benzene rings is 1. The van der Waals surface area contributed by atoms with Gasteiger partial charge in [0.2, 0.25) is 11.8 Å². The number of carbonyl (C=O) groups excluding carboxylic acids is 2. The monoisotopic (exact) mass is 336 g/mol. The molecule has 2 amide bonds. The maximum Gasteiger partial charge on any atom is 0.234 e. The number of rotatable bonds is 7. The van der Waals surface area contributed by atoms with E-state index < -0.39 is 0 Å². The van der Waals surface area contributed by atoms with Crippen molar-refractivity contribution in [1.82, 2.24) is 4.90 Å². The van der Waals surface area contributed by atoms with Crippen LogP contribution in [0.4, 0.5) is 10.1 Å². The number of hydrogen-bond donors (Lipinski definition) is 1. The third kappa shape index (κ3) is 5.78. The molecule has 0 radical (unpaired) electrons. The molecule has 0 fully saturated rings. The molecule has 23 heavy (non-hydrogen) atoms. The third-order valence-corrected chi connectivity index (χ3v) is 3.90. The number of thioether (sulfide) groups is 1. The Kier molecular flexibility index (Phi) is 6.22. The summed E-state index contributed by atoms with van der Waals surface area (Å²) in [5.74, 6) is 0.387. The first-order valence-electron chi connectivity index (χ1n) is 6.94. The molecule has 0 aliphatic heterocycles. The molecule has 0 saturated heterocycles. The van der Waals surface area contributed by atoms with E-state index in [4.69, 9.17) is 4.42 Å². The van der Waals surface area contributed by atoms with E-state index >= 15 is 0 Å². The summed E-state index contributed by atoms with van der Waals surface area (Å²) in [4.78, 5) is 25.2. The van der Waals surface area contributed by atoms with E-state index in [-0.39, 0.29) is 29.1 Å². The van der Waals surface area contributed by atoms with Crippen LogP contribution in [0.3, 0.4) is 0 Å². The van der Waals surface area contributed by atoms with Gasteiger partial charge in [-0.05, 0) is 36.4 Å². The summed E-state index contributed by atoms with van der Waals surface area (Å²) < 4.78 is 17.9. The van der Waals surface area contributed by atoms with Gasteiger partial charge in [0.15, 0.2) is 0 Å². The number of nitrogens with zero attached hydrogens (tertiary/aromatic N) is 1. The van der Waals surface area contributed by atoms with Gasteiger partial charge in [-0.1, -0.05) is 0 Å². The minimum atomic E-state index is -0.359. The quantitative estimate of drug-likeness (QED) is 0.844. The zero-order valence-electron chi connectivity index (χ0n) is 12.6. The van der Waals surface area contributed by atoms with Crippen LogP contribution in [0.15, 0.2) is 47.1 Å². The van der Waals surface area contributed by atoms with Crippen molar-refractivity contribution in [1.29, 1.82) is 0 Å². The Bertz CT molecular complexity index is 644. The number of hydrogen-bond acceptors (Lipinski definition) is 4. The predicted octanol–water partition coefficient (Wildman–Crippen LogP) is 2.75. The molecule has 1 aromatic carbocycles. The maximum atomic E-state index is 12.8. The van der Waals surface area contributed by atoms with Crippen molar-refractivity contribution in [2.24, 2.45) is 0 Å². The number of halogens is 1. The van der Waals surface area contributed by atoms with Crippen LogP contribution in [0.2, 0.25) is 0 Å². The average Bonchev–Trinajstić information content (AvgIpc) is 3.02. The molecule has 122 valence electrons. The van der Waals surface area contributed by atoms with E-state index in [0.29, 0.717) is 18.0 Å². The SMILES string of the molecule is CN(Cc1ccco1)C(=O)CSCC(=O)Nc1ccc(F)cc1. The minimum absolute atomic E-state index is 0.0824. The molecule has 2 rings (SSSR count). The lowest BCUT2D eigenvalue weighted by atomic mass is 10.3. The minimum Gasteiger partial charge on any atom is -0.467 e. The predicted molar refractivity (Wildman–Crippen MR) is 87.5 cm³/mol. The van der Waals surface area contributed by atoms with Gasteiger partial charge < -0.3 is 14.6 Å². The van der Waals surface area contributed by atoms with Gasteiger partial charge in [-0.2, -0.15) is 0 Å². The molecular formula is C16H17FN2O3S. The Hall–Kier alpha value is -2.28. The molecular weight excluding hydrogens is 319 g/mol. The highest BCUT2D eigenvalue weighted by Crippen LogP contribution is 2.10. The molecule has 7 heteroatoms. The topological polar surface area (TPSA) is 62.6 Å². The molecule has 5 nitrogen and oxygen atoms in total. The Morgan fingerprint density at radius 1 is 1.22 bits per heavy atom. The number of nitrogens with one attached hydrogen (secondary N) is 1. The van der Waals surface area contributed by atoms with Crippen molar-refractivity contribution < 1.29 is 18.4 Å². The van der Waals surface area contributed by atoms with E-state index in [2.05, 4.69) is 5.32 Å². The molecule has 1 heterocycles. The molecule has 0 spiro atoms. The van der Waals surface area contributed by atoms with Crippen LogP contribution in [-0.2, 0) is 16.1 Å². The summed E-state index contributed by atoms with van der Waals surface area (Å²) >= 11 is 1.22. The zero-order valence-corrected chi connectivity index (χ0v) is 13.4. The highest BCUT2D eigenvalue weighted by molar-refractivity contribution is 8.00. The van der Waals surface area contributed by atoms with Crippen LogP contribution < -0.4 is 5.32 Å². The summed E-state index contributed by atoms with van der Waals surface area (Å²) in [7, 11) is 1.68. The fourth-order valence-corrected chi connectivity index (χ4v) is 2.55. The highest BCUT2D eigenvalue weighted by Gasteiger charge is 2.12. The molecule has 0 aliphatic carbocycles. The molecule has 2 aromatic rings. The summed E-state index contributed by atoms with van der Waals surface area (Å²) in [6.45, 7) is 0.397. The molecule has 0 aliphatic rings. The number of anilines is 1. The van der Waals surface area contributed by atoms with Crippen LogP contribution in [0, 0.1) is 5.82 Å². The van der Waals surface area contributed by atoms with Crippen molar-refractivity contribution in [3.63, 3.8) is 0 Å². The second-order valence-corrected chi connectivity index (χ2v) is 5.86. The largest absolute Gasteiger partial charge is 0.467 e. The zero-order chi connectivity index (χ0) is 16.7. The summed E-state index contributed by atoms with van der Waals surface area (Å²) in [6.07, 6.45) is 1.56. The lowest BCUT2D eigenvalue weighted by molar-refractivity contribution is -0.127. The Balaban J connectivity index is 1.68. The smallest absolute Gasteiger partial charge is 0.234 e. The Morgan fingerprint density at radius 3 is 2.61 bits per heavy atom. The van der Waals surface area contributed by atoms with Crippen molar-refractivity contribution >= 4 is 29.3 Å². The maximum absolute atomic E-state index is 12.8. The van der Waals surface area contributed by atoms with Crippen molar-refractivity contribution in [3.8, 4) is 0 Å². The number of furan rings is 1. The van der Waals surface area contributed by atoms with Crippen LogP contribution in [0.1, 0.15) is 5.76 Å². The normalized spacial score (nSPS) is 10.3. The van der Waals surface area contributed by atoms with Gasteiger partial charge >= 0.3 is 0 Å². The standard InChI is InChI=1S/C16H17FN2O3S/c1-19(9-14-3-2-8-22-14)16(21)11-23-10-15(20)18-13-6-4-12(17)5-7-13/h2-8H,9-11H2,1H3,(H,18,20). The molecule has 1 aromatic heterocycles. The van der Waals surface area contributed by atoms with Gasteiger partial charge in [0.25, 0.3) is 0 Å². The van der Waals surface area contributed by atoms with Crippen LogP contribution >= 0.6 is 11.8 Å². The first-order chi connectivity index (χ1) is 11.0. The molecule has 0 atom stereocenters. The fourth-order valence-electron chi connectivity index (χ4n) is 1.80. The average molecular weight is 336 g/mol. The Morgan fingerprint density at radius 2 is 1.96 bits per heavy atom. The second-order valence-electron chi connectivity index (χ2n) is 4.88. The summed E-state index contributed by atoms with van der Waals surface area (Å²) in [5, 5.41) is 2.64. The Labute approximate surface area is 137 Å². The van der Waals surface area contributed by atoms with E-state index in [1.54, 1.807) is 30.3 Å². The van der Waals surface area contributed by atoms with Crippen LogP contribution in [-0.4, -0.2) is 35.3 Å². The van der Waals surface area contributed by atoms with Gasteiger partial charge in [-0.3, -0.25) is 9.59 Å². The molecule has 0 bridgehead atoms. The van der Waals surface area contributed by atoms with Gasteiger partial charge in [-0.25, -0.2) is 4.39 Å². The van der Waals surface area contributed by atoms with E-state index in [0.717, 1.165) is 0 Å². The number of amides is 2. The molecule has 0 unspecified atom stereocenters.